The molecule has 1 aliphatic carbocycles. The molecule has 0 spiro atoms. The van der Waals surface area contributed by atoms with Crippen LogP contribution in [0.5, 0.6) is 0 Å². The Bertz CT molecular complexity index is 699. The molecule has 4 rings (SSSR count). The van der Waals surface area contributed by atoms with Crippen molar-refractivity contribution in [3.63, 3.8) is 0 Å². The first-order chi connectivity index (χ1) is 12.3. The molecule has 0 unspecified atom stereocenters. The van der Waals surface area contributed by atoms with Gasteiger partial charge in [-0.1, -0.05) is 31.0 Å². The topological polar surface area (TPSA) is 49.6 Å². The SMILES string of the molecule is O=C(C1CCCC1)N1CCN(Cc2coc(-c3ccccc3)n2)CC1. The number of piperazine rings is 1. The Balaban J connectivity index is 1.30. The van der Waals surface area contributed by atoms with Crippen molar-refractivity contribution in [1.29, 1.82) is 0 Å². The lowest BCUT2D eigenvalue weighted by Gasteiger charge is -2.35. The molecule has 1 aromatic heterocycles. The number of oxazole rings is 1. The zero-order chi connectivity index (χ0) is 17.1. The maximum absolute atomic E-state index is 12.5. The van der Waals surface area contributed by atoms with Crippen molar-refractivity contribution in [3.8, 4) is 11.5 Å². The number of carbonyl (C=O) groups excluding carboxylic acids is 1. The van der Waals surface area contributed by atoms with E-state index in [2.05, 4.69) is 14.8 Å². The van der Waals surface area contributed by atoms with Gasteiger partial charge in [-0.2, -0.15) is 0 Å². The predicted octanol–water partition coefficient (Wildman–Crippen LogP) is 3.18. The van der Waals surface area contributed by atoms with E-state index in [0.717, 1.165) is 56.8 Å². The maximum atomic E-state index is 12.5. The Hall–Kier alpha value is -2.14. The lowest BCUT2D eigenvalue weighted by Crippen LogP contribution is -2.49. The lowest BCUT2D eigenvalue weighted by atomic mass is 10.1. The highest BCUT2D eigenvalue weighted by molar-refractivity contribution is 5.79. The van der Waals surface area contributed by atoms with Gasteiger partial charge in [-0.15, -0.1) is 0 Å². The van der Waals surface area contributed by atoms with Gasteiger partial charge in [0.15, 0.2) is 0 Å². The molecular formula is C20H25N3O2. The van der Waals surface area contributed by atoms with Crippen LogP contribution >= 0.6 is 0 Å². The summed E-state index contributed by atoms with van der Waals surface area (Å²) >= 11 is 0. The van der Waals surface area contributed by atoms with E-state index in [1.807, 2.05) is 30.3 Å². The molecule has 0 N–H and O–H groups in total. The molecule has 2 aromatic rings. The van der Waals surface area contributed by atoms with E-state index in [9.17, 15) is 4.79 Å². The summed E-state index contributed by atoms with van der Waals surface area (Å²) < 4.78 is 5.62. The second-order valence-corrected chi connectivity index (χ2v) is 7.09. The second-order valence-electron chi connectivity index (χ2n) is 7.09. The molecule has 0 radical (unpaired) electrons. The highest BCUT2D eigenvalue weighted by Crippen LogP contribution is 2.27. The summed E-state index contributed by atoms with van der Waals surface area (Å²) in [6, 6.07) is 9.96. The van der Waals surface area contributed by atoms with Crippen molar-refractivity contribution >= 4 is 5.91 Å². The molecular weight excluding hydrogens is 314 g/mol. The average Bonchev–Trinajstić information content (AvgIpc) is 3.35. The minimum Gasteiger partial charge on any atom is -0.444 e. The van der Waals surface area contributed by atoms with Crippen molar-refractivity contribution in [2.75, 3.05) is 26.2 Å². The first-order valence-electron chi connectivity index (χ1n) is 9.30. The highest BCUT2D eigenvalue weighted by Gasteiger charge is 2.29. The molecule has 1 aromatic carbocycles. The van der Waals surface area contributed by atoms with Gasteiger partial charge in [0, 0.05) is 44.2 Å². The molecule has 5 heteroatoms. The third kappa shape index (κ3) is 3.76. The van der Waals surface area contributed by atoms with Gasteiger partial charge in [-0.05, 0) is 25.0 Å². The first kappa shape index (κ1) is 16.3. The zero-order valence-corrected chi connectivity index (χ0v) is 14.6. The van der Waals surface area contributed by atoms with Crippen LogP contribution in [0.25, 0.3) is 11.5 Å². The Morgan fingerprint density at radius 1 is 1.08 bits per heavy atom. The van der Waals surface area contributed by atoms with Crippen LogP contribution in [0.1, 0.15) is 31.4 Å². The highest BCUT2D eigenvalue weighted by atomic mass is 16.3. The summed E-state index contributed by atoms with van der Waals surface area (Å²) in [5, 5.41) is 0. The van der Waals surface area contributed by atoms with Gasteiger partial charge in [0.05, 0.1) is 5.69 Å². The van der Waals surface area contributed by atoms with E-state index in [4.69, 9.17) is 4.42 Å². The van der Waals surface area contributed by atoms with Gasteiger partial charge in [0.25, 0.3) is 0 Å². The van der Waals surface area contributed by atoms with Crippen LogP contribution < -0.4 is 0 Å². The maximum Gasteiger partial charge on any atom is 0.226 e. The van der Waals surface area contributed by atoms with Crippen LogP contribution in [0.15, 0.2) is 41.0 Å². The molecule has 132 valence electrons. The van der Waals surface area contributed by atoms with Gasteiger partial charge in [0.1, 0.15) is 6.26 Å². The number of hydrogen-bond donors (Lipinski definition) is 0. The summed E-state index contributed by atoms with van der Waals surface area (Å²) in [7, 11) is 0. The third-order valence-corrected chi connectivity index (χ3v) is 5.35. The summed E-state index contributed by atoms with van der Waals surface area (Å²) in [6.07, 6.45) is 6.34. The average molecular weight is 339 g/mol. The first-order valence-corrected chi connectivity index (χ1v) is 9.30. The number of nitrogens with zero attached hydrogens (tertiary/aromatic N) is 3. The molecule has 2 fully saturated rings. The lowest BCUT2D eigenvalue weighted by molar-refractivity contribution is -0.137. The minimum atomic E-state index is 0.288. The number of carbonyl (C=O) groups is 1. The Kier molecular flexibility index (Phi) is 4.83. The van der Waals surface area contributed by atoms with Crippen molar-refractivity contribution in [2.45, 2.75) is 32.2 Å². The largest absolute Gasteiger partial charge is 0.444 e. The second kappa shape index (κ2) is 7.40. The molecule has 0 atom stereocenters. The van der Waals surface area contributed by atoms with Crippen LogP contribution in [0.2, 0.25) is 0 Å². The minimum absolute atomic E-state index is 0.288. The fraction of sp³-hybridized carbons (Fsp3) is 0.500. The quantitative estimate of drug-likeness (QED) is 0.858. The van der Waals surface area contributed by atoms with E-state index in [0.29, 0.717) is 11.8 Å². The van der Waals surface area contributed by atoms with Crippen molar-refractivity contribution in [1.82, 2.24) is 14.8 Å². The monoisotopic (exact) mass is 339 g/mol. The van der Waals surface area contributed by atoms with Crippen LogP contribution in [0, 0.1) is 5.92 Å². The van der Waals surface area contributed by atoms with E-state index in [-0.39, 0.29) is 5.92 Å². The summed E-state index contributed by atoms with van der Waals surface area (Å²) in [6.45, 7) is 4.26. The number of hydrogen-bond acceptors (Lipinski definition) is 4. The molecule has 1 saturated heterocycles. The molecule has 5 nitrogen and oxygen atoms in total. The molecule has 2 aliphatic rings. The van der Waals surface area contributed by atoms with Crippen LogP contribution in [0.3, 0.4) is 0 Å². The molecule has 2 heterocycles. The normalized spacial score (nSPS) is 19.4. The van der Waals surface area contributed by atoms with E-state index < -0.39 is 0 Å². The summed E-state index contributed by atoms with van der Waals surface area (Å²) in [4.78, 5) is 21.5. The third-order valence-electron chi connectivity index (χ3n) is 5.35. The summed E-state index contributed by atoms with van der Waals surface area (Å²) in [5.74, 6) is 1.34. The Morgan fingerprint density at radius 2 is 1.80 bits per heavy atom. The molecule has 25 heavy (non-hydrogen) atoms. The fourth-order valence-electron chi connectivity index (χ4n) is 3.88. The van der Waals surface area contributed by atoms with Crippen LogP contribution in [0.4, 0.5) is 0 Å². The number of benzene rings is 1. The Morgan fingerprint density at radius 3 is 2.52 bits per heavy atom. The zero-order valence-electron chi connectivity index (χ0n) is 14.6. The van der Waals surface area contributed by atoms with Gasteiger partial charge >= 0.3 is 0 Å². The van der Waals surface area contributed by atoms with E-state index in [1.165, 1.54) is 12.8 Å². The number of aromatic nitrogens is 1. The smallest absolute Gasteiger partial charge is 0.226 e. The van der Waals surface area contributed by atoms with Crippen molar-refractivity contribution in [2.24, 2.45) is 5.92 Å². The number of rotatable bonds is 4. The summed E-state index contributed by atoms with van der Waals surface area (Å²) in [5.41, 5.74) is 1.95. The van der Waals surface area contributed by atoms with E-state index >= 15 is 0 Å². The van der Waals surface area contributed by atoms with Crippen LogP contribution in [-0.4, -0.2) is 46.9 Å². The standard InChI is InChI=1S/C20H25N3O2/c24-20(17-8-4-5-9-17)23-12-10-22(11-13-23)14-18-15-25-19(21-18)16-6-2-1-3-7-16/h1-3,6-7,15,17H,4-5,8-14H2. The van der Waals surface area contributed by atoms with Crippen molar-refractivity contribution < 1.29 is 9.21 Å². The van der Waals surface area contributed by atoms with Crippen LogP contribution in [-0.2, 0) is 11.3 Å². The Labute approximate surface area is 148 Å². The van der Waals surface area contributed by atoms with Crippen molar-refractivity contribution in [3.05, 3.63) is 42.3 Å². The van der Waals surface area contributed by atoms with E-state index in [1.54, 1.807) is 6.26 Å². The molecule has 1 amide bonds. The van der Waals surface area contributed by atoms with Gasteiger partial charge in [-0.3, -0.25) is 9.69 Å². The fourth-order valence-corrected chi connectivity index (χ4v) is 3.88. The number of amides is 1. The molecule has 1 saturated carbocycles. The molecule has 0 bridgehead atoms. The van der Waals surface area contributed by atoms with Gasteiger partial charge < -0.3 is 9.32 Å². The molecule has 1 aliphatic heterocycles. The van der Waals surface area contributed by atoms with Gasteiger partial charge in [-0.25, -0.2) is 4.98 Å². The predicted molar refractivity (Wildman–Crippen MR) is 95.8 cm³/mol. The van der Waals surface area contributed by atoms with Gasteiger partial charge in [0.2, 0.25) is 11.8 Å².